The van der Waals surface area contributed by atoms with E-state index < -0.39 is 0 Å². The molecule has 0 bridgehead atoms. The molecule has 0 heterocycles. The molecule has 3 aromatic carbocycles. The number of ether oxygens (including phenoxy) is 1. The van der Waals surface area contributed by atoms with Gasteiger partial charge in [0, 0.05) is 26.6 Å². The fourth-order valence-corrected chi connectivity index (χ4v) is 3.68. The molecular formula is C23H23BrOSi. The Kier molecular flexibility index (Phi) is 6.48. The number of rotatable bonds is 3. The molecule has 132 valence electrons. The molecule has 0 aromatic heterocycles. The molecule has 0 unspecified atom stereocenters. The van der Waals surface area contributed by atoms with Gasteiger partial charge in [0.25, 0.3) is 0 Å². The van der Waals surface area contributed by atoms with Crippen LogP contribution in [-0.4, -0.2) is 18.1 Å². The van der Waals surface area contributed by atoms with E-state index in [1.54, 1.807) is 7.11 Å². The largest absolute Gasteiger partial charge is 0.496 e. The van der Waals surface area contributed by atoms with E-state index in [1.165, 1.54) is 16.7 Å². The zero-order chi connectivity index (χ0) is 18.0. The van der Waals surface area contributed by atoms with Gasteiger partial charge in [0.1, 0.15) is 5.75 Å². The predicted molar refractivity (Wildman–Crippen MR) is 116 cm³/mol. The monoisotopic (exact) mass is 422 g/mol. The molecule has 0 aliphatic rings. The molecular weight excluding hydrogens is 400 g/mol. The van der Waals surface area contributed by atoms with E-state index in [9.17, 15) is 0 Å². The van der Waals surface area contributed by atoms with Gasteiger partial charge >= 0.3 is 0 Å². The van der Waals surface area contributed by atoms with Crippen LogP contribution in [0.5, 0.6) is 5.75 Å². The maximum atomic E-state index is 5.94. The summed E-state index contributed by atoms with van der Waals surface area (Å²) in [4.78, 5) is 0. The summed E-state index contributed by atoms with van der Waals surface area (Å²) >= 11 is 3.57. The average Bonchev–Trinajstić information content (AvgIpc) is 2.60. The van der Waals surface area contributed by atoms with Crippen molar-refractivity contribution in [2.24, 2.45) is 0 Å². The van der Waals surface area contributed by atoms with Gasteiger partial charge in [-0.2, -0.15) is 0 Å². The second-order valence-corrected chi connectivity index (χ2v) is 8.11. The average molecular weight is 423 g/mol. The van der Waals surface area contributed by atoms with Crippen LogP contribution >= 0.6 is 15.9 Å². The first kappa shape index (κ1) is 20.5. The summed E-state index contributed by atoms with van der Waals surface area (Å²) in [7, 11) is 1.76. The highest BCUT2D eigenvalue weighted by molar-refractivity contribution is 9.10. The summed E-state index contributed by atoms with van der Waals surface area (Å²) in [5.74, 6) is 0.951. The lowest BCUT2D eigenvalue weighted by atomic mass is 9.79. The van der Waals surface area contributed by atoms with Crippen molar-refractivity contribution in [3.8, 4) is 28.0 Å². The SMILES string of the molecule is COc1c(-c2cccc(Br)c2)ccc(-c2ccccc2)c1C(C)(C)C.[Si]. The smallest absolute Gasteiger partial charge is 0.131 e. The summed E-state index contributed by atoms with van der Waals surface area (Å²) in [6.07, 6.45) is 0. The van der Waals surface area contributed by atoms with E-state index >= 15 is 0 Å². The third-order valence-corrected chi connectivity index (χ3v) is 4.83. The van der Waals surface area contributed by atoms with E-state index in [0.717, 1.165) is 21.3 Å². The van der Waals surface area contributed by atoms with Crippen molar-refractivity contribution < 1.29 is 4.74 Å². The number of benzene rings is 3. The molecule has 3 aromatic rings. The van der Waals surface area contributed by atoms with Crippen molar-refractivity contribution in [3.63, 3.8) is 0 Å². The predicted octanol–water partition coefficient (Wildman–Crippen LogP) is 6.71. The Morgan fingerprint density at radius 1 is 0.769 bits per heavy atom. The van der Waals surface area contributed by atoms with Crippen LogP contribution < -0.4 is 4.74 Å². The molecule has 3 heteroatoms. The first-order chi connectivity index (χ1) is 11.9. The molecule has 0 aliphatic heterocycles. The minimum absolute atomic E-state index is 0. The van der Waals surface area contributed by atoms with Gasteiger partial charge < -0.3 is 4.74 Å². The normalized spacial score (nSPS) is 11.0. The van der Waals surface area contributed by atoms with E-state index in [2.05, 4.69) is 91.3 Å². The Bertz CT molecular complexity index is 882. The highest BCUT2D eigenvalue weighted by Gasteiger charge is 2.26. The molecule has 0 fully saturated rings. The van der Waals surface area contributed by atoms with Gasteiger partial charge in [-0.15, -0.1) is 0 Å². The lowest BCUT2D eigenvalue weighted by Crippen LogP contribution is -2.15. The van der Waals surface area contributed by atoms with Crippen molar-refractivity contribution in [2.75, 3.05) is 7.11 Å². The number of methoxy groups -OCH3 is 1. The van der Waals surface area contributed by atoms with Crippen molar-refractivity contribution in [3.05, 3.63) is 76.8 Å². The van der Waals surface area contributed by atoms with Gasteiger partial charge in [-0.3, -0.25) is 0 Å². The Morgan fingerprint density at radius 2 is 1.38 bits per heavy atom. The molecule has 0 saturated carbocycles. The summed E-state index contributed by atoms with van der Waals surface area (Å²) in [5, 5.41) is 0. The van der Waals surface area contributed by atoms with Crippen LogP contribution in [0.25, 0.3) is 22.3 Å². The van der Waals surface area contributed by atoms with Crippen molar-refractivity contribution >= 4 is 26.9 Å². The van der Waals surface area contributed by atoms with Crippen LogP contribution in [-0.2, 0) is 5.41 Å². The maximum Gasteiger partial charge on any atom is 0.131 e. The number of halogens is 1. The quantitative estimate of drug-likeness (QED) is 0.426. The molecule has 0 amide bonds. The lowest BCUT2D eigenvalue weighted by molar-refractivity contribution is 0.400. The fourth-order valence-electron chi connectivity index (χ4n) is 3.28. The second-order valence-electron chi connectivity index (χ2n) is 7.20. The summed E-state index contributed by atoms with van der Waals surface area (Å²) in [6, 6.07) is 23.3. The highest BCUT2D eigenvalue weighted by Crippen LogP contribution is 2.45. The van der Waals surface area contributed by atoms with Gasteiger partial charge in [0.2, 0.25) is 0 Å². The van der Waals surface area contributed by atoms with Gasteiger partial charge in [-0.1, -0.05) is 91.3 Å². The van der Waals surface area contributed by atoms with Gasteiger partial charge in [0.05, 0.1) is 7.11 Å². The molecule has 0 aliphatic carbocycles. The first-order valence-corrected chi connectivity index (χ1v) is 9.24. The fraction of sp³-hybridized carbons (Fsp3) is 0.217. The molecule has 0 N–H and O–H groups in total. The molecule has 4 radical (unpaired) electrons. The summed E-state index contributed by atoms with van der Waals surface area (Å²) in [5.41, 5.74) is 5.90. The van der Waals surface area contributed by atoms with Gasteiger partial charge in [-0.25, -0.2) is 0 Å². The number of hydrogen-bond acceptors (Lipinski definition) is 1. The van der Waals surface area contributed by atoms with Crippen molar-refractivity contribution in [1.82, 2.24) is 0 Å². The van der Waals surface area contributed by atoms with E-state index in [4.69, 9.17) is 4.74 Å². The molecule has 1 nitrogen and oxygen atoms in total. The van der Waals surface area contributed by atoms with Crippen LogP contribution in [0.15, 0.2) is 71.2 Å². The molecule has 0 saturated heterocycles. The Labute approximate surface area is 169 Å². The zero-order valence-electron chi connectivity index (χ0n) is 15.6. The Balaban J connectivity index is 0.00000243. The Morgan fingerprint density at radius 3 is 1.96 bits per heavy atom. The summed E-state index contributed by atoms with van der Waals surface area (Å²) in [6.45, 7) is 6.71. The molecule has 0 atom stereocenters. The molecule has 3 rings (SSSR count). The van der Waals surface area contributed by atoms with Crippen LogP contribution in [0.1, 0.15) is 26.3 Å². The lowest BCUT2D eigenvalue weighted by Gasteiger charge is -2.27. The van der Waals surface area contributed by atoms with Crippen LogP contribution in [0.3, 0.4) is 0 Å². The maximum absolute atomic E-state index is 5.94. The van der Waals surface area contributed by atoms with E-state index in [0.29, 0.717) is 0 Å². The minimum atomic E-state index is -0.0431. The van der Waals surface area contributed by atoms with Crippen LogP contribution in [0.4, 0.5) is 0 Å². The molecule has 0 spiro atoms. The Hall–Kier alpha value is -1.84. The van der Waals surface area contributed by atoms with Crippen molar-refractivity contribution in [1.29, 1.82) is 0 Å². The van der Waals surface area contributed by atoms with Crippen LogP contribution in [0.2, 0.25) is 0 Å². The van der Waals surface area contributed by atoms with E-state index in [1.807, 2.05) is 12.1 Å². The second kappa shape index (κ2) is 8.23. The third kappa shape index (κ3) is 4.10. The summed E-state index contributed by atoms with van der Waals surface area (Å²) < 4.78 is 7.01. The van der Waals surface area contributed by atoms with E-state index in [-0.39, 0.29) is 16.4 Å². The standard InChI is InChI=1S/C23H23BrO.Si/c1-23(2,3)21-19(16-9-6-5-7-10-16)13-14-20(22(21)25-4)17-11-8-12-18(24)15-17;/h5-15H,1-4H3;. The van der Waals surface area contributed by atoms with Gasteiger partial charge in [0.15, 0.2) is 0 Å². The van der Waals surface area contributed by atoms with Crippen molar-refractivity contribution in [2.45, 2.75) is 26.2 Å². The highest BCUT2D eigenvalue weighted by atomic mass is 79.9. The van der Waals surface area contributed by atoms with Crippen LogP contribution in [0, 0.1) is 0 Å². The molecule has 26 heavy (non-hydrogen) atoms. The van der Waals surface area contributed by atoms with Gasteiger partial charge in [-0.05, 0) is 34.2 Å². The number of hydrogen-bond donors (Lipinski definition) is 0. The minimum Gasteiger partial charge on any atom is -0.496 e. The zero-order valence-corrected chi connectivity index (χ0v) is 18.2. The topological polar surface area (TPSA) is 9.23 Å². The first-order valence-electron chi connectivity index (χ1n) is 8.44. The third-order valence-electron chi connectivity index (χ3n) is 4.33.